The Morgan fingerprint density at radius 1 is 1.88 bits per heavy atom. The quantitative estimate of drug-likeness (QED) is 0.430. The molecule has 0 aromatic rings. The molecule has 0 aromatic heterocycles. The highest BCUT2D eigenvalue weighted by atomic mass is 15.3. The lowest BCUT2D eigenvalue weighted by molar-refractivity contribution is 0.894. The van der Waals surface area contributed by atoms with Crippen LogP contribution >= 0.6 is 0 Å². The number of nitrogens with zero attached hydrogens (tertiary/aromatic N) is 1. The van der Waals surface area contributed by atoms with Crippen molar-refractivity contribution in [2.75, 3.05) is 7.05 Å². The second kappa shape index (κ2) is 4.37. The van der Waals surface area contributed by atoms with Crippen LogP contribution in [0.25, 0.3) is 0 Å². The molecule has 46 valence electrons. The third-order valence-electron chi connectivity index (χ3n) is 0.853. The van der Waals surface area contributed by atoms with Crippen molar-refractivity contribution in [2.24, 2.45) is 5.10 Å². The van der Waals surface area contributed by atoms with Crippen LogP contribution in [0.4, 0.5) is 0 Å². The van der Waals surface area contributed by atoms with Gasteiger partial charge in [-0.25, -0.2) is 0 Å². The smallest absolute Gasteiger partial charge is 0.0594 e. The van der Waals surface area contributed by atoms with Gasteiger partial charge in [0.25, 0.3) is 0 Å². The Bertz CT molecular complexity index is 94.7. The highest BCUT2D eigenvalue weighted by molar-refractivity contribution is 5.93. The molecule has 0 unspecified atom stereocenters. The molecule has 0 spiro atoms. The molecule has 1 N–H and O–H groups in total. The van der Waals surface area contributed by atoms with Crippen LogP contribution in [-0.4, -0.2) is 12.8 Å². The summed E-state index contributed by atoms with van der Waals surface area (Å²) < 4.78 is 0. The Labute approximate surface area is 50.3 Å². The Morgan fingerprint density at radius 2 is 2.50 bits per heavy atom. The molecule has 0 saturated heterocycles. The first-order chi connectivity index (χ1) is 3.85. The van der Waals surface area contributed by atoms with E-state index >= 15 is 0 Å². The molecule has 0 atom stereocenters. The second-order valence-corrected chi connectivity index (χ2v) is 1.38. The summed E-state index contributed by atoms with van der Waals surface area (Å²) in [7, 11) is 1.78. The molecule has 0 aliphatic carbocycles. The van der Waals surface area contributed by atoms with E-state index in [1.165, 1.54) is 0 Å². The minimum absolute atomic E-state index is 0.935. The fourth-order valence-corrected chi connectivity index (χ4v) is 0.413. The summed E-state index contributed by atoms with van der Waals surface area (Å²) in [5, 5.41) is 3.91. The topological polar surface area (TPSA) is 24.4 Å². The molecule has 8 heavy (non-hydrogen) atoms. The molecule has 0 amide bonds. The van der Waals surface area contributed by atoms with Crippen LogP contribution in [0.2, 0.25) is 0 Å². The SMILES string of the molecule is C=C/C(CC)=N/NC. The van der Waals surface area contributed by atoms with Gasteiger partial charge < -0.3 is 5.43 Å². The van der Waals surface area contributed by atoms with Crippen LogP contribution in [0.3, 0.4) is 0 Å². The summed E-state index contributed by atoms with van der Waals surface area (Å²) in [4.78, 5) is 0. The van der Waals surface area contributed by atoms with E-state index in [1.54, 1.807) is 13.1 Å². The van der Waals surface area contributed by atoms with E-state index in [2.05, 4.69) is 17.1 Å². The Kier molecular flexibility index (Phi) is 3.94. The van der Waals surface area contributed by atoms with E-state index in [-0.39, 0.29) is 0 Å². The van der Waals surface area contributed by atoms with E-state index in [0.29, 0.717) is 0 Å². The van der Waals surface area contributed by atoms with Gasteiger partial charge in [-0.1, -0.05) is 13.5 Å². The highest BCUT2D eigenvalue weighted by Crippen LogP contribution is 1.82. The van der Waals surface area contributed by atoms with Crippen molar-refractivity contribution in [3.05, 3.63) is 12.7 Å². The zero-order valence-corrected chi connectivity index (χ0v) is 5.44. The molecule has 0 saturated carbocycles. The number of hydrogen-bond donors (Lipinski definition) is 1. The molecular formula is C6H12N2. The van der Waals surface area contributed by atoms with Gasteiger partial charge in [-0.15, -0.1) is 0 Å². The Balaban J connectivity index is 3.66. The lowest BCUT2D eigenvalue weighted by atomic mass is 10.3. The first-order valence-electron chi connectivity index (χ1n) is 2.70. The number of nitrogens with one attached hydrogen (secondary N) is 1. The van der Waals surface area contributed by atoms with Gasteiger partial charge in [0.15, 0.2) is 0 Å². The van der Waals surface area contributed by atoms with Crippen molar-refractivity contribution in [1.82, 2.24) is 5.43 Å². The summed E-state index contributed by atoms with van der Waals surface area (Å²) >= 11 is 0. The van der Waals surface area contributed by atoms with Crippen LogP contribution in [-0.2, 0) is 0 Å². The van der Waals surface area contributed by atoms with Gasteiger partial charge in [-0.2, -0.15) is 5.10 Å². The van der Waals surface area contributed by atoms with Gasteiger partial charge in [-0.3, -0.25) is 0 Å². The third kappa shape index (κ3) is 2.39. The third-order valence-corrected chi connectivity index (χ3v) is 0.853. The van der Waals surface area contributed by atoms with Gasteiger partial charge in [-0.05, 0) is 12.5 Å². The Hall–Kier alpha value is -0.790. The molecule has 0 aliphatic heterocycles. The monoisotopic (exact) mass is 112 g/mol. The van der Waals surface area contributed by atoms with Gasteiger partial charge >= 0.3 is 0 Å². The predicted molar refractivity (Wildman–Crippen MR) is 37.0 cm³/mol. The number of hydrazone groups is 1. The van der Waals surface area contributed by atoms with E-state index in [4.69, 9.17) is 0 Å². The number of allylic oxidation sites excluding steroid dienone is 1. The molecule has 0 heterocycles. The fraction of sp³-hybridized carbons (Fsp3) is 0.500. The zero-order valence-electron chi connectivity index (χ0n) is 5.44. The van der Waals surface area contributed by atoms with Crippen molar-refractivity contribution >= 4 is 5.71 Å². The van der Waals surface area contributed by atoms with E-state index in [9.17, 15) is 0 Å². The second-order valence-electron chi connectivity index (χ2n) is 1.38. The highest BCUT2D eigenvalue weighted by Gasteiger charge is 1.82. The van der Waals surface area contributed by atoms with Crippen LogP contribution in [0, 0.1) is 0 Å². The summed E-state index contributed by atoms with van der Waals surface area (Å²) in [6, 6.07) is 0. The van der Waals surface area contributed by atoms with E-state index < -0.39 is 0 Å². The summed E-state index contributed by atoms with van der Waals surface area (Å²) in [5.74, 6) is 0. The number of rotatable bonds is 3. The van der Waals surface area contributed by atoms with Crippen LogP contribution < -0.4 is 5.43 Å². The molecule has 2 heteroatoms. The molecule has 0 aliphatic rings. The van der Waals surface area contributed by atoms with Crippen LogP contribution in [0.1, 0.15) is 13.3 Å². The lowest BCUT2D eigenvalue weighted by Crippen LogP contribution is -2.00. The molecular weight excluding hydrogens is 100 g/mol. The first kappa shape index (κ1) is 7.21. The van der Waals surface area contributed by atoms with Crippen molar-refractivity contribution in [3.8, 4) is 0 Å². The molecule has 0 aromatic carbocycles. The first-order valence-corrected chi connectivity index (χ1v) is 2.70. The van der Waals surface area contributed by atoms with Gasteiger partial charge in [0.2, 0.25) is 0 Å². The largest absolute Gasteiger partial charge is 0.313 e. The van der Waals surface area contributed by atoms with E-state index in [1.807, 2.05) is 6.92 Å². The van der Waals surface area contributed by atoms with Crippen molar-refractivity contribution < 1.29 is 0 Å². The van der Waals surface area contributed by atoms with Crippen LogP contribution in [0.5, 0.6) is 0 Å². The van der Waals surface area contributed by atoms with Crippen molar-refractivity contribution in [3.63, 3.8) is 0 Å². The maximum absolute atomic E-state index is 3.91. The van der Waals surface area contributed by atoms with Gasteiger partial charge in [0.05, 0.1) is 5.71 Å². The number of hydrogen-bond acceptors (Lipinski definition) is 2. The summed E-state index contributed by atoms with van der Waals surface area (Å²) in [6.45, 7) is 5.62. The van der Waals surface area contributed by atoms with E-state index in [0.717, 1.165) is 12.1 Å². The summed E-state index contributed by atoms with van der Waals surface area (Å²) in [6.07, 6.45) is 2.68. The molecule has 0 bridgehead atoms. The van der Waals surface area contributed by atoms with Gasteiger partial charge in [0.1, 0.15) is 0 Å². The molecule has 0 rings (SSSR count). The van der Waals surface area contributed by atoms with Gasteiger partial charge in [0, 0.05) is 7.05 Å². The minimum atomic E-state index is 0.935. The van der Waals surface area contributed by atoms with Crippen molar-refractivity contribution in [1.29, 1.82) is 0 Å². The fourth-order valence-electron chi connectivity index (χ4n) is 0.413. The summed E-state index contributed by atoms with van der Waals surface area (Å²) in [5.41, 5.74) is 3.68. The molecule has 2 nitrogen and oxygen atoms in total. The van der Waals surface area contributed by atoms with Crippen molar-refractivity contribution in [2.45, 2.75) is 13.3 Å². The zero-order chi connectivity index (χ0) is 6.41. The van der Waals surface area contributed by atoms with Crippen LogP contribution in [0.15, 0.2) is 17.8 Å². The maximum Gasteiger partial charge on any atom is 0.0594 e. The Morgan fingerprint density at radius 3 is 2.62 bits per heavy atom. The predicted octanol–water partition coefficient (Wildman–Crippen LogP) is 1.16. The molecule has 0 radical (unpaired) electrons. The minimum Gasteiger partial charge on any atom is -0.313 e. The standard InChI is InChI=1S/C6H12N2/c1-4-6(5-2)8-7-3/h4,7H,1,5H2,2-3H3/b8-6-. The lowest BCUT2D eigenvalue weighted by Gasteiger charge is -1.92. The molecule has 0 fully saturated rings. The maximum atomic E-state index is 3.91. The average molecular weight is 112 g/mol. The normalized spacial score (nSPS) is 11.0. The average Bonchev–Trinajstić information content (AvgIpc) is 1.83.